The van der Waals surface area contributed by atoms with Crippen molar-refractivity contribution in [3.8, 4) is 6.07 Å². The lowest BCUT2D eigenvalue weighted by atomic mass is 9.87. The molecule has 5 aromatic rings. The first-order valence-corrected chi connectivity index (χ1v) is 17.4. The predicted octanol–water partition coefficient (Wildman–Crippen LogP) is 5.68. The number of rotatable bonds is 8. The number of hydrogen-bond donors (Lipinski definition) is 2. The zero-order chi connectivity index (χ0) is 32.2. The van der Waals surface area contributed by atoms with Gasteiger partial charge in [0.2, 0.25) is 10.0 Å². The van der Waals surface area contributed by atoms with Crippen LogP contribution in [0.3, 0.4) is 0 Å². The van der Waals surface area contributed by atoms with Gasteiger partial charge in [-0.05, 0) is 48.6 Å². The van der Waals surface area contributed by atoms with Crippen LogP contribution in [0, 0.1) is 30.1 Å². The minimum Gasteiger partial charge on any atom is -0.354 e. The number of H-pyrrole nitrogens is 1. The normalized spacial score (nSPS) is 19.5. The quantitative estimate of drug-likeness (QED) is 0.218. The van der Waals surface area contributed by atoms with E-state index in [0.717, 1.165) is 48.1 Å². The summed E-state index contributed by atoms with van der Waals surface area (Å²) in [4.78, 5) is 11.5. The number of fused-ring (bicyclic) bond motifs is 2. The summed E-state index contributed by atoms with van der Waals surface area (Å²) >= 11 is 1.00. The summed E-state index contributed by atoms with van der Waals surface area (Å²) in [5.74, 6) is 0.845. The van der Waals surface area contributed by atoms with Crippen molar-refractivity contribution in [3.05, 3.63) is 64.7 Å². The summed E-state index contributed by atoms with van der Waals surface area (Å²) in [6.07, 6.45) is 3.58. The molecular formula is C31H31F3N8O2S2. The average molecular weight is 669 g/mol. The number of halogens is 3. The van der Waals surface area contributed by atoms with Gasteiger partial charge in [0, 0.05) is 46.7 Å². The zero-order valence-corrected chi connectivity index (χ0v) is 26.5. The maximum absolute atomic E-state index is 14.1. The number of sulfonamides is 1. The summed E-state index contributed by atoms with van der Waals surface area (Å²) in [6.45, 7) is 3.03. The number of nitriles is 1. The van der Waals surface area contributed by atoms with E-state index in [9.17, 15) is 26.9 Å². The van der Waals surface area contributed by atoms with Gasteiger partial charge < -0.3 is 9.47 Å². The van der Waals surface area contributed by atoms with Crippen molar-refractivity contribution in [3.63, 3.8) is 0 Å². The highest BCUT2D eigenvalue weighted by Crippen LogP contribution is 2.41. The van der Waals surface area contributed by atoms with Crippen LogP contribution in [0.2, 0.25) is 0 Å². The fraction of sp³-hybridized carbons (Fsp3) is 0.419. The van der Waals surface area contributed by atoms with E-state index in [2.05, 4.69) is 31.0 Å². The van der Waals surface area contributed by atoms with Crippen molar-refractivity contribution in [1.82, 2.24) is 29.5 Å². The third-order valence-electron chi connectivity index (χ3n) is 9.31. The van der Waals surface area contributed by atoms with E-state index in [1.165, 1.54) is 12.4 Å². The van der Waals surface area contributed by atoms with Crippen LogP contribution < -0.4 is 9.62 Å². The van der Waals surface area contributed by atoms with Gasteiger partial charge in [0.1, 0.15) is 28.7 Å². The largest absolute Gasteiger partial charge is 0.393 e. The van der Waals surface area contributed by atoms with Crippen LogP contribution in [0.4, 0.5) is 19.0 Å². The minimum absolute atomic E-state index is 0.000781. The van der Waals surface area contributed by atoms with E-state index in [1.807, 2.05) is 9.47 Å². The second kappa shape index (κ2) is 11.7. The molecule has 46 heavy (non-hydrogen) atoms. The molecule has 2 atom stereocenters. The Labute approximate surface area is 267 Å². The summed E-state index contributed by atoms with van der Waals surface area (Å²) in [5, 5.41) is 17.8. The topological polar surface area (TPSA) is 133 Å². The average Bonchev–Trinajstić information content (AvgIpc) is 3.83. The number of thiophene rings is 1. The molecule has 5 heterocycles. The molecule has 1 aliphatic carbocycles. The Morgan fingerprint density at radius 2 is 1.96 bits per heavy atom. The predicted molar refractivity (Wildman–Crippen MR) is 168 cm³/mol. The van der Waals surface area contributed by atoms with Crippen LogP contribution >= 0.6 is 11.3 Å². The van der Waals surface area contributed by atoms with Gasteiger partial charge >= 0.3 is 6.18 Å². The maximum atomic E-state index is 14.1. The molecule has 240 valence electrons. The van der Waals surface area contributed by atoms with E-state index in [0.29, 0.717) is 58.2 Å². The SMILES string of the molecule is Cc1c(S(=O)(=O)NC2CN(c3ncnc4sc(CC(F)(F)F)cc34)CC2C2CCCC2)ccc2c1cc(C#N)n2Cc1cn[nH]c1. The Balaban J connectivity index is 1.20. The number of alkyl halides is 3. The van der Waals surface area contributed by atoms with Crippen molar-refractivity contribution in [2.24, 2.45) is 11.8 Å². The smallest absolute Gasteiger partial charge is 0.354 e. The van der Waals surface area contributed by atoms with Crippen molar-refractivity contribution >= 4 is 48.3 Å². The molecule has 2 fully saturated rings. The molecule has 1 aromatic carbocycles. The van der Waals surface area contributed by atoms with Crippen molar-refractivity contribution in [2.45, 2.75) is 62.7 Å². The molecule has 0 amide bonds. The Hall–Kier alpha value is -4.00. The third kappa shape index (κ3) is 5.73. The maximum Gasteiger partial charge on any atom is 0.393 e. The van der Waals surface area contributed by atoms with Crippen molar-refractivity contribution < 1.29 is 21.6 Å². The monoisotopic (exact) mass is 668 g/mol. The van der Waals surface area contributed by atoms with Crippen LogP contribution in [0.25, 0.3) is 21.1 Å². The van der Waals surface area contributed by atoms with Gasteiger partial charge in [0.05, 0.1) is 29.4 Å². The van der Waals surface area contributed by atoms with Crippen molar-refractivity contribution in [1.29, 1.82) is 5.26 Å². The highest BCUT2D eigenvalue weighted by atomic mass is 32.2. The molecule has 0 spiro atoms. The highest BCUT2D eigenvalue weighted by Gasteiger charge is 2.42. The Bertz CT molecular complexity index is 2060. The first-order valence-electron chi connectivity index (χ1n) is 15.1. The number of nitrogens with zero attached hydrogens (tertiary/aromatic N) is 6. The third-order valence-corrected chi connectivity index (χ3v) is 12.0. The van der Waals surface area contributed by atoms with E-state index >= 15 is 0 Å². The first kappa shape index (κ1) is 30.6. The summed E-state index contributed by atoms with van der Waals surface area (Å²) < 4.78 is 72.5. The van der Waals surface area contributed by atoms with Crippen LogP contribution in [0.5, 0.6) is 0 Å². The number of hydrogen-bond acceptors (Lipinski definition) is 8. The lowest BCUT2D eigenvalue weighted by Crippen LogP contribution is -2.42. The molecule has 0 radical (unpaired) electrons. The fourth-order valence-corrected chi connectivity index (χ4v) is 9.80. The summed E-state index contributed by atoms with van der Waals surface area (Å²) in [7, 11) is -3.99. The Morgan fingerprint density at radius 3 is 2.67 bits per heavy atom. The zero-order valence-electron chi connectivity index (χ0n) is 24.9. The molecular weight excluding hydrogens is 638 g/mol. The number of aryl methyl sites for hydroxylation is 1. The van der Waals surface area contributed by atoms with Gasteiger partial charge in [0.15, 0.2) is 0 Å². The van der Waals surface area contributed by atoms with E-state index in [-0.39, 0.29) is 15.7 Å². The van der Waals surface area contributed by atoms with E-state index in [4.69, 9.17) is 0 Å². The second-order valence-corrected chi connectivity index (χ2v) is 15.0. The molecule has 7 rings (SSSR count). The summed E-state index contributed by atoms with van der Waals surface area (Å²) in [6, 6.07) is 8.35. The molecule has 15 heteroatoms. The number of anilines is 1. The standard InChI is InChI=1S/C31H31F3N8O2S2/c1-18-23-8-21(11-35)42(14-19-12-38-39-13-19)27(23)6-7-28(18)46(43,44)40-26-16-41(15-25(26)20-4-2-3-5-20)29-24-9-22(10-31(32,33)34)45-30(24)37-17-36-29/h6-9,12-13,17,20,25-26,40H,2-5,10,14-16H2,1H3,(H,38,39). The van der Waals surface area contributed by atoms with E-state index < -0.39 is 28.7 Å². The van der Waals surface area contributed by atoms with Crippen LogP contribution in [0.1, 0.15) is 47.4 Å². The molecule has 2 aliphatic rings. The first-order chi connectivity index (χ1) is 22.0. The number of benzene rings is 1. The lowest BCUT2D eigenvalue weighted by Gasteiger charge is -2.25. The van der Waals surface area contributed by atoms with Crippen LogP contribution in [-0.4, -0.2) is 58.5 Å². The molecule has 1 saturated heterocycles. The Kier molecular flexibility index (Phi) is 7.77. The minimum atomic E-state index is -4.33. The van der Waals surface area contributed by atoms with Gasteiger partial charge in [-0.1, -0.05) is 25.7 Å². The fourth-order valence-electron chi connectivity index (χ4n) is 7.24. The molecule has 10 nitrogen and oxygen atoms in total. The molecule has 2 unspecified atom stereocenters. The molecule has 2 N–H and O–H groups in total. The van der Waals surface area contributed by atoms with Gasteiger partial charge in [0.25, 0.3) is 0 Å². The van der Waals surface area contributed by atoms with Gasteiger partial charge in [-0.15, -0.1) is 11.3 Å². The lowest BCUT2D eigenvalue weighted by molar-refractivity contribution is -0.126. The van der Waals surface area contributed by atoms with Crippen LogP contribution in [0.15, 0.2) is 47.9 Å². The van der Waals surface area contributed by atoms with Crippen LogP contribution in [-0.2, 0) is 23.0 Å². The van der Waals surface area contributed by atoms with E-state index in [1.54, 1.807) is 37.5 Å². The second-order valence-electron chi connectivity index (χ2n) is 12.2. The molecule has 0 bridgehead atoms. The number of nitrogens with one attached hydrogen (secondary N) is 2. The van der Waals surface area contributed by atoms with Gasteiger partial charge in [-0.2, -0.15) is 23.5 Å². The molecule has 1 saturated carbocycles. The van der Waals surface area contributed by atoms with Gasteiger partial charge in [-0.3, -0.25) is 5.10 Å². The summed E-state index contributed by atoms with van der Waals surface area (Å²) in [5.41, 5.74) is 2.59. The Morgan fingerprint density at radius 1 is 1.15 bits per heavy atom. The number of aromatic nitrogens is 5. The van der Waals surface area contributed by atoms with Crippen molar-refractivity contribution in [2.75, 3.05) is 18.0 Å². The van der Waals surface area contributed by atoms with Gasteiger partial charge in [-0.25, -0.2) is 23.1 Å². The number of aromatic amines is 1. The highest BCUT2D eigenvalue weighted by molar-refractivity contribution is 7.89. The molecule has 4 aromatic heterocycles. The molecule has 1 aliphatic heterocycles.